The molecule has 0 bridgehead atoms. The van der Waals surface area contributed by atoms with Crippen molar-refractivity contribution in [3.8, 4) is 0 Å². The van der Waals surface area contributed by atoms with Crippen LogP contribution >= 0.6 is 0 Å². The second-order valence-electron chi connectivity index (χ2n) is 5.19. The smallest absolute Gasteiger partial charge is 0.0606 e. The fraction of sp³-hybridized carbons (Fsp3) is 0.333. The molecule has 3 nitrogen and oxygen atoms in total. The van der Waals surface area contributed by atoms with Crippen molar-refractivity contribution in [2.45, 2.75) is 20.4 Å². The minimum atomic E-state index is 0.182. The van der Waals surface area contributed by atoms with E-state index in [-0.39, 0.29) is 6.61 Å². The van der Waals surface area contributed by atoms with Crippen molar-refractivity contribution < 1.29 is 5.11 Å². The van der Waals surface area contributed by atoms with Crippen LogP contribution in [0.1, 0.15) is 18.1 Å². The molecule has 0 saturated carbocycles. The van der Waals surface area contributed by atoms with Crippen LogP contribution in [0.3, 0.4) is 0 Å². The first-order valence-corrected chi connectivity index (χ1v) is 7.48. The lowest BCUT2D eigenvalue weighted by Gasteiger charge is -2.22. The molecule has 0 unspecified atom stereocenters. The maximum atomic E-state index is 9.06. The molecule has 0 atom stereocenters. The summed E-state index contributed by atoms with van der Waals surface area (Å²) in [6.45, 7) is 6.79. The Balaban J connectivity index is 1.96. The molecule has 0 saturated heterocycles. The van der Waals surface area contributed by atoms with Crippen LogP contribution in [-0.2, 0) is 6.54 Å². The van der Waals surface area contributed by atoms with Gasteiger partial charge in [0.1, 0.15) is 0 Å². The standard InChI is InChI=1S/C18H24N2O/c1-3-20(11-12-21)18-9-7-17(8-10-18)19-14-16-6-4-5-15(2)13-16/h4-10,13,19,21H,3,11-12,14H2,1-2H3. The van der Waals surface area contributed by atoms with Gasteiger partial charge in [-0.25, -0.2) is 0 Å². The first-order chi connectivity index (χ1) is 10.2. The molecule has 2 rings (SSSR count). The van der Waals surface area contributed by atoms with Gasteiger partial charge in [-0.05, 0) is 43.7 Å². The molecule has 21 heavy (non-hydrogen) atoms. The lowest BCUT2D eigenvalue weighted by atomic mass is 10.1. The van der Waals surface area contributed by atoms with Crippen LogP contribution in [-0.4, -0.2) is 24.8 Å². The molecular formula is C18H24N2O. The number of nitrogens with one attached hydrogen (secondary N) is 1. The minimum absolute atomic E-state index is 0.182. The van der Waals surface area contributed by atoms with Crippen LogP contribution < -0.4 is 10.2 Å². The van der Waals surface area contributed by atoms with E-state index in [0.717, 1.165) is 24.5 Å². The second kappa shape index (κ2) is 7.70. The first kappa shape index (κ1) is 15.4. The quantitative estimate of drug-likeness (QED) is 0.817. The van der Waals surface area contributed by atoms with E-state index in [1.54, 1.807) is 0 Å². The molecule has 0 amide bonds. The van der Waals surface area contributed by atoms with Gasteiger partial charge in [-0.2, -0.15) is 0 Å². The summed E-state index contributed by atoms with van der Waals surface area (Å²) in [5, 5.41) is 12.5. The van der Waals surface area contributed by atoms with Gasteiger partial charge < -0.3 is 15.3 Å². The van der Waals surface area contributed by atoms with Gasteiger partial charge in [0.25, 0.3) is 0 Å². The van der Waals surface area contributed by atoms with Crippen molar-refractivity contribution in [3.63, 3.8) is 0 Å². The highest BCUT2D eigenvalue weighted by molar-refractivity contribution is 5.55. The van der Waals surface area contributed by atoms with Crippen LogP contribution in [0.15, 0.2) is 48.5 Å². The van der Waals surface area contributed by atoms with Gasteiger partial charge in [-0.1, -0.05) is 29.8 Å². The molecule has 2 N–H and O–H groups in total. The molecule has 112 valence electrons. The molecule has 0 spiro atoms. The summed E-state index contributed by atoms with van der Waals surface area (Å²) in [4.78, 5) is 2.16. The van der Waals surface area contributed by atoms with Crippen molar-refractivity contribution in [2.24, 2.45) is 0 Å². The van der Waals surface area contributed by atoms with Crippen molar-refractivity contribution in [2.75, 3.05) is 29.9 Å². The normalized spacial score (nSPS) is 10.4. The van der Waals surface area contributed by atoms with Gasteiger partial charge in [0.05, 0.1) is 6.61 Å². The molecule has 0 fully saturated rings. The molecule has 0 aliphatic carbocycles. The summed E-state index contributed by atoms with van der Waals surface area (Å²) in [6.07, 6.45) is 0. The van der Waals surface area contributed by atoms with E-state index in [9.17, 15) is 0 Å². The van der Waals surface area contributed by atoms with E-state index >= 15 is 0 Å². The Morgan fingerprint density at radius 3 is 2.48 bits per heavy atom. The van der Waals surface area contributed by atoms with Crippen molar-refractivity contribution in [1.82, 2.24) is 0 Å². The Bertz CT molecular complexity index is 551. The third kappa shape index (κ3) is 4.50. The topological polar surface area (TPSA) is 35.5 Å². The number of likely N-dealkylation sites (N-methyl/N-ethyl adjacent to an activating group) is 1. The van der Waals surface area contributed by atoms with E-state index in [1.165, 1.54) is 11.1 Å². The third-order valence-electron chi connectivity index (χ3n) is 3.56. The highest BCUT2D eigenvalue weighted by Gasteiger charge is 2.03. The molecule has 0 aliphatic heterocycles. The largest absolute Gasteiger partial charge is 0.395 e. The number of hydrogen-bond donors (Lipinski definition) is 2. The van der Waals surface area contributed by atoms with Crippen molar-refractivity contribution >= 4 is 11.4 Å². The summed E-state index contributed by atoms with van der Waals surface area (Å²) < 4.78 is 0. The van der Waals surface area contributed by atoms with Crippen LogP contribution in [0.25, 0.3) is 0 Å². The van der Waals surface area contributed by atoms with Gasteiger partial charge in [0.2, 0.25) is 0 Å². The van der Waals surface area contributed by atoms with E-state index in [0.29, 0.717) is 6.54 Å². The zero-order chi connectivity index (χ0) is 15.1. The summed E-state index contributed by atoms with van der Waals surface area (Å²) >= 11 is 0. The third-order valence-corrected chi connectivity index (χ3v) is 3.56. The zero-order valence-electron chi connectivity index (χ0n) is 12.8. The monoisotopic (exact) mass is 284 g/mol. The van der Waals surface area contributed by atoms with Gasteiger partial charge in [0.15, 0.2) is 0 Å². The van der Waals surface area contributed by atoms with E-state index in [4.69, 9.17) is 5.11 Å². The Hall–Kier alpha value is -2.00. The average molecular weight is 284 g/mol. The number of benzene rings is 2. The number of aryl methyl sites for hydroxylation is 1. The first-order valence-electron chi connectivity index (χ1n) is 7.48. The fourth-order valence-electron chi connectivity index (χ4n) is 2.41. The second-order valence-corrected chi connectivity index (χ2v) is 5.19. The maximum Gasteiger partial charge on any atom is 0.0606 e. The van der Waals surface area contributed by atoms with Crippen LogP contribution in [0.2, 0.25) is 0 Å². The van der Waals surface area contributed by atoms with Gasteiger partial charge in [-0.15, -0.1) is 0 Å². The van der Waals surface area contributed by atoms with Crippen molar-refractivity contribution in [3.05, 3.63) is 59.7 Å². The summed E-state index contributed by atoms with van der Waals surface area (Å²) in [6, 6.07) is 16.9. The number of rotatable bonds is 7. The Morgan fingerprint density at radius 2 is 1.86 bits per heavy atom. The zero-order valence-corrected chi connectivity index (χ0v) is 12.8. The van der Waals surface area contributed by atoms with Crippen LogP contribution in [0.4, 0.5) is 11.4 Å². The summed E-state index contributed by atoms with van der Waals surface area (Å²) in [5.74, 6) is 0. The number of anilines is 2. The Kier molecular flexibility index (Phi) is 5.64. The SMILES string of the molecule is CCN(CCO)c1ccc(NCc2cccc(C)c2)cc1. The van der Waals surface area contributed by atoms with E-state index < -0.39 is 0 Å². The maximum absolute atomic E-state index is 9.06. The van der Waals surface area contributed by atoms with Gasteiger partial charge >= 0.3 is 0 Å². The molecule has 2 aromatic rings. The Labute approximate surface area is 127 Å². The molecular weight excluding hydrogens is 260 g/mol. The molecule has 2 aromatic carbocycles. The molecule has 0 radical (unpaired) electrons. The Morgan fingerprint density at radius 1 is 1.10 bits per heavy atom. The van der Waals surface area contributed by atoms with Gasteiger partial charge in [0, 0.05) is 31.0 Å². The fourth-order valence-corrected chi connectivity index (χ4v) is 2.41. The van der Waals surface area contributed by atoms with Crippen molar-refractivity contribution in [1.29, 1.82) is 0 Å². The highest BCUT2D eigenvalue weighted by atomic mass is 16.3. The van der Waals surface area contributed by atoms with Gasteiger partial charge in [-0.3, -0.25) is 0 Å². The van der Waals surface area contributed by atoms with E-state index in [2.05, 4.69) is 72.6 Å². The molecule has 0 heterocycles. The lowest BCUT2D eigenvalue weighted by molar-refractivity contribution is 0.302. The number of aliphatic hydroxyl groups is 1. The number of nitrogens with zero attached hydrogens (tertiary/aromatic N) is 1. The highest BCUT2D eigenvalue weighted by Crippen LogP contribution is 2.18. The summed E-state index contributed by atoms with van der Waals surface area (Å²) in [7, 11) is 0. The number of hydrogen-bond acceptors (Lipinski definition) is 3. The number of aliphatic hydroxyl groups excluding tert-OH is 1. The minimum Gasteiger partial charge on any atom is -0.395 e. The molecule has 3 heteroatoms. The summed E-state index contributed by atoms with van der Waals surface area (Å²) in [5.41, 5.74) is 4.83. The van der Waals surface area contributed by atoms with E-state index in [1.807, 2.05) is 0 Å². The molecule has 0 aromatic heterocycles. The average Bonchev–Trinajstić information content (AvgIpc) is 2.51. The predicted octanol–water partition coefficient (Wildman–Crippen LogP) is 3.43. The lowest BCUT2D eigenvalue weighted by Crippen LogP contribution is -2.25. The molecule has 0 aliphatic rings. The van der Waals surface area contributed by atoms with Crippen LogP contribution in [0, 0.1) is 6.92 Å². The predicted molar refractivity (Wildman–Crippen MR) is 89.9 cm³/mol. The van der Waals surface area contributed by atoms with Crippen LogP contribution in [0.5, 0.6) is 0 Å².